The topological polar surface area (TPSA) is 47.7 Å². The summed E-state index contributed by atoms with van der Waals surface area (Å²) in [5.74, 6) is 1.95. The smallest absolute Gasteiger partial charge is 0.161 e. The van der Waals surface area contributed by atoms with Gasteiger partial charge in [0, 0.05) is 18.5 Å². The Labute approximate surface area is 115 Å². The Morgan fingerprint density at radius 1 is 1.37 bits per heavy atom. The van der Waals surface area contributed by atoms with Crippen LogP contribution in [0.15, 0.2) is 18.2 Å². The highest BCUT2D eigenvalue weighted by atomic mass is 16.5. The molecule has 4 heteroatoms. The average molecular weight is 264 g/mol. The molecule has 0 saturated carbocycles. The quantitative estimate of drug-likeness (QED) is 0.901. The van der Waals surface area contributed by atoms with Crippen molar-refractivity contribution in [3.8, 4) is 11.5 Å². The molecule has 0 aromatic heterocycles. The van der Waals surface area contributed by atoms with Gasteiger partial charge in [0.25, 0.3) is 0 Å². The first-order valence-corrected chi connectivity index (χ1v) is 6.90. The van der Waals surface area contributed by atoms with Crippen molar-refractivity contribution in [2.45, 2.75) is 25.3 Å². The summed E-state index contributed by atoms with van der Waals surface area (Å²) in [7, 11) is 3.81. The maximum absolute atomic E-state index is 6.27. The van der Waals surface area contributed by atoms with Crippen LogP contribution in [0.5, 0.6) is 11.5 Å². The van der Waals surface area contributed by atoms with E-state index in [0.717, 1.165) is 31.0 Å². The largest absolute Gasteiger partial charge is 0.493 e. The summed E-state index contributed by atoms with van der Waals surface area (Å²) in [6, 6.07) is 6.37. The molecule has 0 amide bonds. The molecule has 2 atom stereocenters. The fraction of sp³-hybridized carbons (Fsp3) is 0.600. The number of ether oxygens (including phenoxy) is 2. The van der Waals surface area contributed by atoms with Gasteiger partial charge in [-0.15, -0.1) is 0 Å². The van der Waals surface area contributed by atoms with Crippen LogP contribution < -0.4 is 15.2 Å². The number of likely N-dealkylation sites (N-methyl/N-ethyl adjacent to an activating group) is 1. The molecule has 1 aliphatic rings. The van der Waals surface area contributed by atoms with E-state index in [-0.39, 0.29) is 6.04 Å². The highest BCUT2D eigenvalue weighted by Crippen LogP contribution is 2.33. The summed E-state index contributed by atoms with van der Waals surface area (Å²) < 4.78 is 11.0. The summed E-state index contributed by atoms with van der Waals surface area (Å²) in [4.78, 5) is 2.33. The maximum atomic E-state index is 6.27. The van der Waals surface area contributed by atoms with Crippen molar-refractivity contribution >= 4 is 0 Å². The number of methoxy groups -OCH3 is 1. The molecular formula is C15H24N2O2. The van der Waals surface area contributed by atoms with Gasteiger partial charge in [-0.05, 0) is 44.6 Å². The van der Waals surface area contributed by atoms with Gasteiger partial charge in [-0.2, -0.15) is 0 Å². The highest BCUT2D eigenvalue weighted by molar-refractivity contribution is 5.44. The number of piperidine rings is 1. The lowest BCUT2D eigenvalue weighted by molar-refractivity contribution is 0.227. The summed E-state index contributed by atoms with van der Waals surface area (Å²) in [6.07, 6.45) is 1.04. The lowest BCUT2D eigenvalue weighted by atomic mass is 9.86. The number of nitrogens with two attached hydrogens (primary N) is 1. The van der Waals surface area contributed by atoms with Crippen molar-refractivity contribution in [3.63, 3.8) is 0 Å². The van der Waals surface area contributed by atoms with E-state index in [1.807, 2.05) is 13.0 Å². The van der Waals surface area contributed by atoms with Crippen molar-refractivity contribution in [2.75, 3.05) is 33.9 Å². The fourth-order valence-corrected chi connectivity index (χ4v) is 2.68. The molecule has 0 aliphatic carbocycles. The molecule has 0 spiro atoms. The molecule has 0 unspecified atom stereocenters. The molecule has 2 N–H and O–H groups in total. The van der Waals surface area contributed by atoms with Gasteiger partial charge in [0.15, 0.2) is 11.5 Å². The van der Waals surface area contributed by atoms with Crippen LogP contribution in [0.4, 0.5) is 0 Å². The predicted molar refractivity (Wildman–Crippen MR) is 77.0 cm³/mol. The third-order valence-corrected chi connectivity index (χ3v) is 3.79. The van der Waals surface area contributed by atoms with Gasteiger partial charge in [0.2, 0.25) is 0 Å². The SMILES string of the molecule is CCOc1cc([C@@H]2CN(C)CC[C@@H]2N)ccc1OC. The second kappa shape index (κ2) is 6.26. The fourth-order valence-electron chi connectivity index (χ4n) is 2.68. The molecule has 0 bridgehead atoms. The van der Waals surface area contributed by atoms with Gasteiger partial charge in [0.05, 0.1) is 13.7 Å². The number of hydrogen-bond donors (Lipinski definition) is 1. The number of benzene rings is 1. The Hall–Kier alpha value is -1.26. The Bertz CT molecular complexity index is 423. The van der Waals surface area contributed by atoms with Crippen LogP contribution >= 0.6 is 0 Å². The molecule has 1 aromatic rings. The minimum atomic E-state index is 0.221. The van der Waals surface area contributed by atoms with Crippen molar-refractivity contribution in [1.29, 1.82) is 0 Å². The summed E-state index contributed by atoms with van der Waals surface area (Å²) in [5.41, 5.74) is 7.51. The van der Waals surface area contributed by atoms with E-state index in [4.69, 9.17) is 15.2 Å². The Balaban J connectivity index is 2.26. The van der Waals surface area contributed by atoms with Gasteiger partial charge in [-0.1, -0.05) is 6.07 Å². The third-order valence-electron chi connectivity index (χ3n) is 3.79. The van der Waals surface area contributed by atoms with Crippen LogP contribution in [-0.4, -0.2) is 44.8 Å². The minimum Gasteiger partial charge on any atom is -0.493 e. The second-order valence-corrected chi connectivity index (χ2v) is 5.16. The Morgan fingerprint density at radius 3 is 2.84 bits per heavy atom. The van der Waals surface area contributed by atoms with Crippen molar-refractivity contribution in [1.82, 2.24) is 4.90 Å². The van der Waals surface area contributed by atoms with E-state index in [2.05, 4.69) is 24.1 Å². The van der Waals surface area contributed by atoms with Gasteiger partial charge >= 0.3 is 0 Å². The van der Waals surface area contributed by atoms with Gasteiger partial charge in [-0.3, -0.25) is 0 Å². The van der Waals surface area contributed by atoms with Crippen molar-refractivity contribution in [2.24, 2.45) is 5.73 Å². The van der Waals surface area contributed by atoms with Crippen molar-refractivity contribution in [3.05, 3.63) is 23.8 Å². The number of nitrogens with zero attached hydrogens (tertiary/aromatic N) is 1. The third kappa shape index (κ3) is 3.19. The zero-order valence-corrected chi connectivity index (χ0v) is 12.1. The summed E-state index contributed by atoms with van der Waals surface area (Å²) in [5, 5.41) is 0. The molecule has 4 nitrogen and oxygen atoms in total. The number of likely N-dealkylation sites (tertiary alicyclic amines) is 1. The minimum absolute atomic E-state index is 0.221. The predicted octanol–water partition coefficient (Wildman–Crippen LogP) is 1.84. The summed E-state index contributed by atoms with van der Waals surface area (Å²) >= 11 is 0. The van der Waals surface area contributed by atoms with Crippen LogP contribution in [0.1, 0.15) is 24.8 Å². The Morgan fingerprint density at radius 2 is 2.16 bits per heavy atom. The van der Waals surface area contributed by atoms with Gasteiger partial charge in [-0.25, -0.2) is 0 Å². The molecule has 106 valence electrons. The molecule has 1 saturated heterocycles. The molecule has 1 aliphatic heterocycles. The lowest BCUT2D eigenvalue weighted by Crippen LogP contribution is -2.44. The monoisotopic (exact) mass is 264 g/mol. The maximum Gasteiger partial charge on any atom is 0.161 e. The van der Waals surface area contributed by atoms with Crippen molar-refractivity contribution < 1.29 is 9.47 Å². The van der Waals surface area contributed by atoms with Gasteiger partial charge < -0.3 is 20.1 Å². The standard InChI is InChI=1S/C15H24N2O2/c1-4-19-15-9-11(5-6-14(15)18-3)12-10-17(2)8-7-13(12)16/h5-6,9,12-13H,4,7-8,10,16H2,1-3H3/t12-,13-/m0/s1. The van der Waals surface area contributed by atoms with E-state index < -0.39 is 0 Å². The first kappa shape index (κ1) is 14.2. The lowest BCUT2D eigenvalue weighted by Gasteiger charge is -2.35. The summed E-state index contributed by atoms with van der Waals surface area (Å²) in [6.45, 7) is 4.69. The molecular weight excluding hydrogens is 240 g/mol. The zero-order valence-electron chi connectivity index (χ0n) is 12.1. The normalized spacial score (nSPS) is 24.2. The number of rotatable bonds is 4. The number of hydrogen-bond acceptors (Lipinski definition) is 4. The van der Waals surface area contributed by atoms with Crippen LogP contribution in [0.2, 0.25) is 0 Å². The van der Waals surface area contributed by atoms with Crippen LogP contribution in [0.25, 0.3) is 0 Å². The average Bonchev–Trinajstić information content (AvgIpc) is 2.42. The highest BCUT2D eigenvalue weighted by Gasteiger charge is 2.26. The van der Waals surface area contributed by atoms with E-state index >= 15 is 0 Å². The zero-order chi connectivity index (χ0) is 13.8. The van der Waals surface area contributed by atoms with E-state index in [1.165, 1.54) is 5.56 Å². The molecule has 19 heavy (non-hydrogen) atoms. The molecule has 2 rings (SSSR count). The first-order valence-electron chi connectivity index (χ1n) is 6.90. The van der Waals surface area contributed by atoms with E-state index in [1.54, 1.807) is 7.11 Å². The molecule has 0 radical (unpaired) electrons. The Kier molecular flexibility index (Phi) is 4.66. The van der Waals surface area contributed by atoms with E-state index in [0.29, 0.717) is 12.5 Å². The molecule has 1 heterocycles. The van der Waals surface area contributed by atoms with Crippen LogP contribution in [0, 0.1) is 0 Å². The van der Waals surface area contributed by atoms with Crippen LogP contribution in [0.3, 0.4) is 0 Å². The van der Waals surface area contributed by atoms with Gasteiger partial charge in [0.1, 0.15) is 0 Å². The first-order chi connectivity index (χ1) is 9.15. The molecule has 1 aromatic carbocycles. The second-order valence-electron chi connectivity index (χ2n) is 5.16. The molecule has 1 fully saturated rings. The van der Waals surface area contributed by atoms with E-state index in [9.17, 15) is 0 Å². The van der Waals surface area contributed by atoms with Crippen LogP contribution in [-0.2, 0) is 0 Å².